The standard InChI is InChI=1S/C11H17F2N3O2/c12-11(13)4-1-2-7(6-11)9-15-10(18-16-9)8(17)3-5-14/h7-8,17H,1-6,14H2. The van der Waals surface area contributed by atoms with Crippen molar-refractivity contribution in [3.63, 3.8) is 0 Å². The van der Waals surface area contributed by atoms with Crippen LogP contribution in [0, 0.1) is 0 Å². The van der Waals surface area contributed by atoms with E-state index in [0.29, 0.717) is 25.8 Å². The first-order chi connectivity index (χ1) is 8.52. The highest BCUT2D eigenvalue weighted by Crippen LogP contribution is 2.40. The van der Waals surface area contributed by atoms with E-state index in [0.717, 1.165) is 0 Å². The summed E-state index contributed by atoms with van der Waals surface area (Å²) in [5, 5.41) is 13.3. The zero-order valence-corrected chi connectivity index (χ0v) is 9.98. The number of aliphatic hydroxyl groups excluding tert-OH is 1. The van der Waals surface area contributed by atoms with Crippen LogP contribution in [0.2, 0.25) is 0 Å². The molecular formula is C11H17F2N3O2. The molecule has 7 heteroatoms. The molecule has 1 saturated carbocycles. The number of hydrogen-bond donors (Lipinski definition) is 2. The highest BCUT2D eigenvalue weighted by Gasteiger charge is 2.38. The third-order valence-corrected chi connectivity index (χ3v) is 3.19. The van der Waals surface area contributed by atoms with Crippen LogP contribution in [0.5, 0.6) is 0 Å². The van der Waals surface area contributed by atoms with E-state index in [-0.39, 0.29) is 24.6 Å². The second-order valence-electron chi connectivity index (χ2n) is 4.73. The largest absolute Gasteiger partial charge is 0.383 e. The van der Waals surface area contributed by atoms with Gasteiger partial charge in [0.25, 0.3) is 5.89 Å². The number of nitrogens with two attached hydrogens (primary N) is 1. The Morgan fingerprint density at radius 2 is 2.33 bits per heavy atom. The van der Waals surface area contributed by atoms with Crippen molar-refractivity contribution < 1.29 is 18.4 Å². The minimum Gasteiger partial charge on any atom is -0.383 e. The Bertz CT molecular complexity index is 397. The summed E-state index contributed by atoms with van der Waals surface area (Å²) >= 11 is 0. The molecule has 1 aromatic rings. The molecule has 0 spiro atoms. The highest BCUT2D eigenvalue weighted by molar-refractivity contribution is 5.01. The second kappa shape index (κ2) is 5.27. The van der Waals surface area contributed by atoms with Crippen LogP contribution in [-0.4, -0.2) is 27.7 Å². The molecule has 18 heavy (non-hydrogen) atoms. The van der Waals surface area contributed by atoms with Crippen LogP contribution in [0.25, 0.3) is 0 Å². The van der Waals surface area contributed by atoms with Crippen molar-refractivity contribution in [3.05, 3.63) is 11.7 Å². The average molecular weight is 261 g/mol. The van der Waals surface area contributed by atoms with Gasteiger partial charge in [-0.05, 0) is 25.8 Å². The molecule has 2 atom stereocenters. The fourth-order valence-electron chi connectivity index (χ4n) is 2.22. The van der Waals surface area contributed by atoms with E-state index in [4.69, 9.17) is 10.3 Å². The van der Waals surface area contributed by atoms with E-state index in [2.05, 4.69) is 10.1 Å². The van der Waals surface area contributed by atoms with E-state index in [1.165, 1.54) is 0 Å². The van der Waals surface area contributed by atoms with Gasteiger partial charge in [0.15, 0.2) is 5.82 Å². The topological polar surface area (TPSA) is 85.2 Å². The van der Waals surface area contributed by atoms with Crippen molar-refractivity contribution in [2.75, 3.05) is 6.54 Å². The molecular weight excluding hydrogens is 244 g/mol. The van der Waals surface area contributed by atoms with Gasteiger partial charge in [-0.1, -0.05) is 5.16 Å². The molecule has 0 aliphatic heterocycles. The third kappa shape index (κ3) is 3.02. The van der Waals surface area contributed by atoms with Crippen molar-refractivity contribution in [1.29, 1.82) is 0 Å². The summed E-state index contributed by atoms with van der Waals surface area (Å²) in [6.07, 6.45) is 0.139. The molecule has 0 radical (unpaired) electrons. The molecule has 5 nitrogen and oxygen atoms in total. The van der Waals surface area contributed by atoms with Gasteiger partial charge in [0, 0.05) is 18.8 Å². The van der Waals surface area contributed by atoms with Gasteiger partial charge in [-0.3, -0.25) is 0 Å². The Hall–Kier alpha value is -1.08. The number of rotatable bonds is 4. The summed E-state index contributed by atoms with van der Waals surface area (Å²) in [7, 11) is 0. The lowest BCUT2D eigenvalue weighted by atomic mass is 9.86. The molecule has 3 N–H and O–H groups in total. The molecule has 1 aliphatic rings. The summed E-state index contributed by atoms with van der Waals surface area (Å²) in [6, 6.07) is 0. The number of aromatic nitrogens is 2. The molecule has 102 valence electrons. The maximum Gasteiger partial charge on any atom is 0.255 e. The van der Waals surface area contributed by atoms with Gasteiger partial charge in [-0.2, -0.15) is 4.98 Å². The van der Waals surface area contributed by atoms with E-state index in [1.54, 1.807) is 0 Å². The van der Waals surface area contributed by atoms with Crippen LogP contribution in [0.15, 0.2) is 4.52 Å². The molecule has 2 rings (SSSR count). The van der Waals surface area contributed by atoms with Crippen LogP contribution in [0.4, 0.5) is 8.78 Å². The van der Waals surface area contributed by atoms with Crippen molar-refractivity contribution in [2.24, 2.45) is 5.73 Å². The fraction of sp³-hybridized carbons (Fsp3) is 0.818. The molecule has 1 aliphatic carbocycles. The van der Waals surface area contributed by atoms with E-state index in [1.807, 2.05) is 0 Å². The van der Waals surface area contributed by atoms with Gasteiger partial charge in [0.2, 0.25) is 5.92 Å². The number of aliphatic hydroxyl groups is 1. The number of hydrogen-bond acceptors (Lipinski definition) is 5. The normalized spacial score (nSPS) is 25.0. The van der Waals surface area contributed by atoms with Crippen LogP contribution in [0.3, 0.4) is 0 Å². The smallest absolute Gasteiger partial charge is 0.255 e. The molecule has 0 bridgehead atoms. The average Bonchev–Trinajstić information content (AvgIpc) is 2.77. The van der Waals surface area contributed by atoms with Gasteiger partial charge in [0.05, 0.1) is 0 Å². The van der Waals surface area contributed by atoms with E-state index >= 15 is 0 Å². The van der Waals surface area contributed by atoms with Gasteiger partial charge < -0.3 is 15.4 Å². The quantitative estimate of drug-likeness (QED) is 0.862. The third-order valence-electron chi connectivity index (χ3n) is 3.19. The zero-order valence-electron chi connectivity index (χ0n) is 9.98. The summed E-state index contributed by atoms with van der Waals surface area (Å²) in [4.78, 5) is 4.00. The van der Waals surface area contributed by atoms with Crippen molar-refractivity contribution >= 4 is 0 Å². The minimum absolute atomic E-state index is 0.0596. The minimum atomic E-state index is -2.65. The number of halogens is 2. The molecule has 0 aromatic carbocycles. The lowest BCUT2D eigenvalue weighted by Crippen LogP contribution is -2.25. The Kier molecular flexibility index (Phi) is 3.91. The number of alkyl halides is 2. The maximum atomic E-state index is 13.3. The predicted molar refractivity (Wildman–Crippen MR) is 59.1 cm³/mol. The summed E-state index contributed by atoms with van der Waals surface area (Å²) in [6.45, 7) is 0.292. The van der Waals surface area contributed by atoms with Crippen LogP contribution >= 0.6 is 0 Å². The molecule has 1 aromatic heterocycles. The molecule has 1 fully saturated rings. The summed E-state index contributed by atoms with van der Waals surface area (Å²) in [5.41, 5.74) is 5.30. The lowest BCUT2D eigenvalue weighted by molar-refractivity contribution is -0.0418. The fourth-order valence-corrected chi connectivity index (χ4v) is 2.22. The maximum absolute atomic E-state index is 13.3. The van der Waals surface area contributed by atoms with Crippen molar-refractivity contribution in [2.45, 2.75) is 50.0 Å². The monoisotopic (exact) mass is 261 g/mol. The predicted octanol–water partition coefficient (Wildman–Crippen LogP) is 1.74. The Labute approximate surface area is 103 Å². The first kappa shape index (κ1) is 13.4. The zero-order chi connectivity index (χ0) is 13.2. The SMILES string of the molecule is NCCC(O)c1nc(C2CCCC(F)(F)C2)no1. The molecule has 2 unspecified atom stereocenters. The molecule has 0 amide bonds. The second-order valence-corrected chi connectivity index (χ2v) is 4.73. The first-order valence-corrected chi connectivity index (χ1v) is 6.11. The van der Waals surface area contributed by atoms with Gasteiger partial charge in [0.1, 0.15) is 6.10 Å². The lowest BCUT2D eigenvalue weighted by Gasteiger charge is -2.26. The van der Waals surface area contributed by atoms with Crippen LogP contribution in [0.1, 0.15) is 55.8 Å². The Morgan fingerprint density at radius 3 is 3.00 bits per heavy atom. The van der Waals surface area contributed by atoms with Crippen molar-refractivity contribution in [3.8, 4) is 0 Å². The van der Waals surface area contributed by atoms with E-state index in [9.17, 15) is 13.9 Å². The van der Waals surface area contributed by atoms with Crippen LogP contribution < -0.4 is 5.73 Å². The van der Waals surface area contributed by atoms with E-state index < -0.39 is 17.9 Å². The van der Waals surface area contributed by atoms with Gasteiger partial charge in [-0.25, -0.2) is 8.78 Å². The highest BCUT2D eigenvalue weighted by atomic mass is 19.3. The Morgan fingerprint density at radius 1 is 1.56 bits per heavy atom. The van der Waals surface area contributed by atoms with Gasteiger partial charge in [-0.15, -0.1) is 0 Å². The summed E-state index contributed by atoms with van der Waals surface area (Å²) < 4.78 is 31.4. The Balaban J connectivity index is 2.05. The molecule has 0 saturated heterocycles. The molecule has 1 heterocycles. The summed E-state index contributed by atoms with van der Waals surface area (Å²) in [5.74, 6) is -2.72. The van der Waals surface area contributed by atoms with Crippen molar-refractivity contribution in [1.82, 2.24) is 10.1 Å². The first-order valence-electron chi connectivity index (χ1n) is 6.11. The van der Waals surface area contributed by atoms with Crippen LogP contribution in [-0.2, 0) is 0 Å². The number of nitrogens with zero attached hydrogens (tertiary/aromatic N) is 2. The van der Waals surface area contributed by atoms with Gasteiger partial charge >= 0.3 is 0 Å².